The SMILES string of the molecule is COc1cc(/C=N\N2C(=O)N[C@](C)(CCc3ccccc3)C2=O)ccc1OCC#N. The third kappa shape index (κ3) is 4.58. The molecule has 0 spiro atoms. The molecule has 0 aliphatic carbocycles. The molecule has 1 aliphatic rings. The summed E-state index contributed by atoms with van der Waals surface area (Å²) in [5, 5.41) is 16.3. The van der Waals surface area contributed by atoms with E-state index in [1.807, 2.05) is 36.4 Å². The molecule has 0 aromatic heterocycles. The smallest absolute Gasteiger partial charge is 0.346 e. The van der Waals surface area contributed by atoms with Crippen molar-refractivity contribution in [3.63, 3.8) is 0 Å². The van der Waals surface area contributed by atoms with E-state index in [2.05, 4.69) is 10.4 Å². The van der Waals surface area contributed by atoms with Crippen molar-refractivity contribution in [2.75, 3.05) is 13.7 Å². The van der Waals surface area contributed by atoms with Crippen LogP contribution in [-0.4, -0.2) is 42.4 Å². The summed E-state index contributed by atoms with van der Waals surface area (Å²) >= 11 is 0. The molecule has 3 rings (SSSR count). The van der Waals surface area contributed by atoms with Crippen LogP contribution in [0.5, 0.6) is 11.5 Å². The predicted octanol–water partition coefficient (Wildman–Crippen LogP) is 2.87. The lowest BCUT2D eigenvalue weighted by atomic mass is 9.93. The van der Waals surface area contributed by atoms with E-state index in [1.54, 1.807) is 25.1 Å². The highest BCUT2D eigenvalue weighted by atomic mass is 16.5. The van der Waals surface area contributed by atoms with Gasteiger partial charge in [0.15, 0.2) is 18.1 Å². The Morgan fingerprint density at radius 2 is 1.97 bits per heavy atom. The maximum Gasteiger partial charge on any atom is 0.346 e. The number of ether oxygens (including phenoxy) is 2. The molecule has 2 aromatic rings. The molecule has 8 heteroatoms. The zero-order valence-electron chi connectivity index (χ0n) is 16.8. The zero-order valence-corrected chi connectivity index (χ0v) is 16.8. The highest BCUT2D eigenvalue weighted by Gasteiger charge is 2.47. The van der Waals surface area contributed by atoms with Gasteiger partial charge in [0.1, 0.15) is 11.6 Å². The number of benzene rings is 2. The van der Waals surface area contributed by atoms with Gasteiger partial charge in [-0.05, 0) is 49.1 Å². The van der Waals surface area contributed by atoms with E-state index in [1.165, 1.54) is 13.3 Å². The lowest BCUT2D eigenvalue weighted by Crippen LogP contribution is -2.44. The van der Waals surface area contributed by atoms with Gasteiger partial charge in [-0.2, -0.15) is 10.4 Å². The van der Waals surface area contributed by atoms with Crippen LogP contribution in [0.2, 0.25) is 0 Å². The van der Waals surface area contributed by atoms with Crippen molar-refractivity contribution in [3.8, 4) is 17.6 Å². The molecule has 1 atom stereocenters. The second-order valence-corrected chi connectivity index (χ2v) is 6.97. The highest BCUT2D eigenvalue weighted by molar-refractivity contribution is 6.07. The van der Waals surface area contributed by atoms with E-state index in [0.717, 1.165) is 10.6 Å². The van der Waals surface area contributed by atoms with Crippen molar-refractivity contribution < 1.29 is 19.1 Å². The number of nitrogens with one attached hydrogen (secondary N) is 1. The lowest BCUT2D eigenvalue weighted by Gasteiger charge is -2.20. The molecule has 1 N–H and O–H groups in total. The summed E-state index contributed by atoms with van der Waals surface area (Å²) in [6.07, 6.45) is 2.52. The van der Waals surface area contributed by atoms with Crippen LogP contribution in [0.1, 0.15) is 24.5 Å². The number of hydrazone groups is 1. The quantitative estimate of drug-likeness (QED) is 0.536. The van der Waals surface area contributed by atoms with Gasteiger partial charge in [0.2, 0.25) is 0 Å². The van der Waals surface area contributed by atoms with Crippen molar-refractivity contribution in [3.05, 3.63) is 59.7 Å². The van der Waals surface area contributed by atoms with E-state index < -0.39 is 17.5 Å². The van der Waals surface area contributed by atoms with Crippen LogP contribution in [0.4, 0.5) is 4.79 Å². The van der Waals surface area contributed by atoms with Crippen LogP contribution in [0.15, 0.2) is 53.6 Å². The molecule has 30 heavy (non-hydrogen) atoms. The van der Waals surface area contributed by atoms with Gasteiger partial charge >= 0.3 is 6.03 Å². The Kier molecular flexibility index (Phi) is 6.32. The summed E-state index contributed by atoms with van der Waals surface area (Å²) in [5.74, 6) is 0.430. The summed E-state index contributed by atoms with van der Waals surface area (Å²) < 4.78 is 10.5. The van der Waals surface area contributed by atoms with Crippen molar-refractivity contribution >= 4 is 18.2 Å². The number of urea groups is 1. The Labute approximate surface area is 174 Å². The first-order valence-electron chi connectivity index (χ1n) is 9.39. The lowest BCUT2D eigenvalue weighted by molar-refractivity contribution is -0.130. The predicted molar refractivity (Wildman–Crippen MR) is 110 cm³/mol. The van der Waals surface area contributed by atoms with Crippen LogP contribution in [0.3, 0.4) is 0 Å². The Morgan fingerprint density at radius 3 is 2.67 bits per heavy atom. The van der Waals surface area contributed by atoms with Gasteiger partial charge in [0.25, 0.3) is 5.91 Å². The van der Waals surface area contributed by atoms with Gasteiger partial charge in [-0.15, -0.1) is 5.01 Å². The first-order valence-corrected chi connectivity index (χ1v) is 9.39. The fourth-order valence-electron chi connectivity index (χ4n) is 3.10. The number of hydrogen-bond acceptors (Lipinski definition) is 6. The van der Waals surface area contributed by atoms with Crippen molar-refractivity contribution in [1.82, 2.24) is 10.3 Å². The summed E-state index contributed by atoms with van der Waals surface area (Å²) in [5.41, 5.74) is 0.680. The first-order chi connectivity index (χ1) is 14.5. The Bertz CT molecular complexity index is 1000. The molecule has 1 saturated heterocycles. The third-order valence-electron chi connectivity index (χ3n) is 4.80. The van der Waals surface area contributed by atoms with Gasteiger partial charge in [0.05, 0.1) is 13.3 Å². The number of aryl methyl sites for hydroxylation is 1. The zero-order chi connectivity index (χ0) is 21.6. The normalized spacial score (nSPS) is 18.4. The van der Waals surface area contributed by atoms with Crippen LogP contribution < -0.4 is 14.8 Å². The molecule has 1 fully saturated rings. The third-order valence-corrected chi connectivity index (χ3v) is 4.80. The number of methoxy groups -OCH3 is 1. The minimum absolute atomic E-state index is 0.103. The Hall–Kier alpha value is -3.86. The molecule has 0 unspecified atom stereocenters. The average Bonchev–Trinajstić information content (AvgIpc) is 2.98. The number of carbonyl (C=O) groups is 2. The van der Waals surface area contributed by atoms with Gasteiger partial charge in [-0.25, -0.2) is 4.79 Å². The maximum absolute atomic E-state index is 12.8. The van der Waals surface area contributed by atoms with Crippen LogP contribution >= 0.6 is 0 Å². The number of rotatable bonds is 8. The molecule has 154 valence electrons. The number of carbonyl (C=O) groups excluding carboxylic acids is 2. The van der Waals surface area contributed by atoms with E-state index in [0.29, 0.717) is 29.9 Å². The van der Waals surface area contributed by atoms with E-state index in [4.69, 9.17) is 14.7 Å². The highest BCUT2D eigenvalue weighted by Crippen LogP contribution is 2.28. The molecule has 1 heterocycles. The van der Waals surface area contributed by atoms with Crippen LogP contribution in [-0.2, 0) is 11.2 Å². The standard InChI is InChI=1S/C22H22N4O4/c1-22(11-10-16-6-4-3-5-7-16)20(27)26(21(28)25-22)24-15-17-8-9-18(30-13-12-23)19(14-17)29-2/h3-9,14-15H,10-11,13H2,1-2H3,(H,25,28)/b24-15-/t22-/m1/s1. The molecule has 0 radical (unpaired) electrons. The fourth-order valence-corrected chi connectivity index (χ4v) is 3.10. The molecule has 0 saturated carbocycles. The number of nitriles is 1. The first kappa shape index (κ1) is 20.9. The van der Waals surface area contributed by atoms with Crippen molar-refractivity contribution in [2.45, 2.75) is 25.3 Å². The monoisotopic (exact) mass is 406 g/mol. The summed E-state index contributed by atoms with van der Waals surface area (Å²) in [6, 6.07) is 16.1. The van der Waals surface area contributed by atoms with E-state index in [-0.39, 0.29) is 6.61 Å². The molecule has 8 nitrogen and oxygen atoms in total. The van der Waals surface area contributed by atoms with E-state index in [9.17, 15) is 9.59 Å². The molecule has 0 bridgehead atoms. The van der Waals surface area contributed by atoms with Crippen LogP contribution in [0, 0.1) is 11.3 Å². The molecule has 1 aliphatic heterocycles. The number of nitrogens with zero attached hydrogens (tertiary/aromatic N) is 3. The van der Waals surface area contributed by atoms with Gasteiger partial charge in [-0.3, -0.25) is 4.79 Å². The topological polar surface area (TPSA) is 104 Å². The minimum atomic E-state index is -1.02. The summed E-state index contributed by atoms with van der Waals surface area (Å²) in [7, 11) is 1.48. The van der Waals surface area contributed by atoms with E-state index >= 15 is 0 Å². The number of imide groups is 1. The maximum atomic E-state index is 12.8. The molecular formula is C22H22N4O4. The minimum Gasteiger partial charge on any atom is -0.493 e. The van der Waals surface area contributed by atoms with Crippen molar-refractivity contribution in [2.24, 2.45) is 5.10 Å². The van der Waals surface area contributed by atoms with Gasteiger partial charge < -0.3 is 14.8 Å². The largest absolute Gasteiger partial charge is 0.493 e. The molecule has 2 aromatic carbocycles. The molecule has 3 amide bonds. The number of amides is 3. The second-order valence-electron chi connectivity index (χ2n) is 6.97. The molecular weight excluding hydrogens is 384 g/mol. The Morgan fingerprint density at radius 1 is 1.20 bits per heavy atom. The second kappa shape index (κ2) is 9.09. The van der Waals surface area contributed by atoms with Crippen LogP contribution in [0.25, 0.3) is 0 Å². The summed E-state index contributed by atoms with van der Waals surface area (Å²) in [6.45, 7) is 1.60. The average molecular weight is 406 g/mol. The number of hydrogen-bond donors (Lipinski definition) is 1. The Balaban J connectivity index is 1.70. The van der Waals surface area contributed by atoms with Gasteiger partial charge in [0, 0.05) is 0 Å². The van der Waals surface area contributed by atoms with Crippen molar-refractivity contribution in [1.29, 1.82) is 5.26 Å². The van der Waals surface area contributed by atoms with Gasteiger partial charge in [-0.1, -0.05) is 30.3 Å². The fraction of sp³-hybridized carbons (Fsp3) is 0.273. The summed E-state index contributed by atoms with van der Waals surface area (Å²) in [4.78, 5) is 25.2.